The van der Waals surface area contributed by atoms with Crippen LogP contribution in [0.2, 0.25) is 0 Å². The van der Waals surface area contributed by atoms with E-state index in [0.29, 0.717) is 12.5 Å². The van der Waals surface area contributed by atoms with Crippen molar-refractivity contribution in [1.29, 1.82) is 0 Å². The van der Waals surface area contributed by atoms with Crippen LogP contribution in [0.1, 0.15) is 5.82 Å². The number of aryl methyl sites for hydroxylation is 1. The number of rotatable bonds is 2. The zero-order valence-corrected chi connectivity index (χ0v) is 8.49. The highest BCUT2D eigenvalue weighted by molar-refractivity contribution is 7.99. The summed E-state index contributed by atoms with van der Waals surface area (Å²) < 4.78 is 1.91. The van der Waals surface area contributed by atoms with E-state index < -0.39 is 5.97 Å². The van der Waals surface area contributed by atoms with Gasteiger partial charge in [-0.15, -0.1) is 10.2 Å². The number of aromatic nitrogens is 3. The van der Waals surface area contributed by atoms with Gasteiger partial charge in [0.05, 0.1) is 19.1 Å². The Morgan fingerprint density at radius 1 is 1.64 bits per heavy atom. The number of aliphatic carboxylic acids is 1. The summed E-state index contributed by atoms with van der Waals surface area (Å²) in [5.74, 6) is 0.673. The third-order valence-electron chi connectivity index (χ3n) is 1.98. The Labute approximate surface area is 84.9 Å². The predicted octanol–water partition coefficient (Wildman–Crippen LogP) is -0.00618. The van der Waals surface area contributed by atoms with E-state index in [2.05, 4.69) is 10.2 Å². The average molecular weight is 214 g/mol. The quantitative estimate of drug-likeness (QED) is 0.746. The highest BCUT2D eigenvalue weighted by Gasteiger charge is 2.21. The standard InChI is InChI=1S/C7H10N4O2S/c1-5-8-9-7-11(5)3-10(4-14-7)2-6(12)13/h2-4H2,1H3,(H,12,13). The van der Waals surface area contributed by atoms with Gasteiger partial charge >= 0.3 is 5.97 Å². The van der Waals surface area contributed by atoms with Crippen molar-refractivity contribution in [2.75, 3.05) is 12.4 Å². The summed E-state index contributed by atoms with van der Waals surface area (Å²) in [7, 11) is 0. The van der Waals surface area contributed by atoms with E-state index in [9.17, 15) is 4.79 Å². The molecule has 6 nitrogen and oxygen atoms in total. The summed E-state index contributed by atoms with van der Waals surface area (Å²) in [4.78, 5) is 12.3. The second-order valence-corrected chi connectivity index (χ2v) is 4.01. The van der Waals surface area contributed by atoms with Crippen molar-refractivity contribution >= 4 is 17.7 Å². The van der Waals surface area contributed by atoms with Gasteiger partial charge in [-0.3, -0.25) is 14.3 Å². The topological polar surface area (TPSA) is 71.2 Å². The third-order valence-corrected chi connectivity index (χ3v) is 3.03. The molecule has 0 aliphatic carbocycles. The van der Waals surface area contributed by atoms with Gasteiger partial charge in [0.15, 0.2) is 5.16 Å². The highest BCUT2D eigenvalue weighted by Crippen LogP contribution is 2.23. The molecule has 76 valence electrons. The Morgan fingerprint density at radius 3 is 3.14 bits per heavy atom. The number of carboxylic acid groups (broad SMARTS) is 1. The molecule has 0 atom stereocenters. The molecular weight excluding hydrogens is 204 g/mol. The van der Waals surface area contributed by atoms with E-state index in [4.69, 9.17) is 5.11 Å². The van der Waals surface area contributed by atoms with Gasteiger partial charge in [-0.1, -0.05) is 11.8 Å². The number of thioether (sulfide) groups is 1. The van der Waals surface area contributed by atoms with Crippen LogP contribution in [0.3, 0.4) is 0 Å². The van der Waals surface area contributed by atoms with E-state index >= 15 is 0 Å². The van der Waals surface area contributed by atoms with Gasteiger partial charge < -0.3 is 5.11 Å². The third kappa shape index (κ3) is 1.73. The maximum Gasteiger partial charge on any atom is 0.317 e. The van der Waals surface area contributed by atoms with Crippen molar-refractivity contribution < 1.29 is 9.90 Å². The number of hydrogen-bond acceptors (Lipinski definition) is 5. The SMILES string of the molecule is Cc1nnc2n1CN(CC(=O)O)CS2. The molecule has 0 saturated heterocycles. The Kier molecular flexibility index (Phi) is 2.42. The number of carbonyl (C=O) groups is 1. The summed E-state index contributed by atoms with van der Waals surface area (Å²) in [5.41, 5.74) is 0. The molecule has 1 aliphatic rings. The van der Waals surface area contributed by atoms with Gasteiger partial charge in [-0.05, 0) is 6.92 Å². The summed E-state index contributed by atoms with van der Waals surface area (Å²) in [6.45, 7) is 2.48. The second kappa shape index (κ2) is 3.58. The van der Waals surface area contributed by atoms with Gasteiger partial charge in [0, 0.05) is 0 Å². The van der Waals surface area contributed by atoms with Crippen LogP contribution < -0.4 is 0 Å². The largest absolute Gasteiger partial charge is 0.480 e. The number of hydrogen-bond donors (Lipinski definition) is 1. The Morgan fingerprint density at radius 2 is 2.43 bits per heavy atom. The van der Waals surface area contributed by atoms with Crippen LogP contribution in [0, 0.1) is 6.92 Å². The fraction of sp³-hybridized carbons (Fsp3) is 0.571. The fourth-order valence-corrected chi connectivity index (χ4v) is 2.22. The maximum absolute atomic E-state index is 10.5. The first-order valence-corrected chi connectivity index (χ1v) is 5.12. The summed E-state index contributed by atoms with van der Waals surface area (Å²) >= 11 is 1.51. The van der Waals surface area contributed by atoms with E-state index in [0.717, 1.165) is 11.0 Å². The van der Waals surface area contributed by atoms with Crippen LogP contribution in [0.4, 0.5) is 0 Å². The first-order valence-electron chi connectivity index (χ1n) is 4.13. The molecule has 7 heteroatoms. The number of fused-ring (bicyclic) bond motifs is 1. The molecule has 0 saturated carbocycles. The molecule has 14 heavy (non-hydrogen) atoms. The van der Waals surface area contributed by atoms with Gasteiger partial charge in [0.25, 0.3) is 0 Å². The van der Waals surface area contributed by atoms with Crippen molar-refractivity contribution in [1.82, 2.24) is 19.7 Å². The lowest BCUT2D eigenvalue weighted by Crippen LogP contribution is -2.34. The summed E-state index contributed by atoms with van der Waals surface area (Å²) in [6, 6.07) is 0. The van der Waals surface area contributed by atoms with Crippen molar-refractivity contribution in [3.63, 3.8) is 0 Å². The van der Waals surface area contributed by atoms with E-state index in [-0.39, 0.29) is 6.54 Å². The van der Waals surface area contributed by atoms with Gasteiger partial charge in [0.1, 0.15) is 5.82 Å². The molecule has 0 radical (unpaired) electrons. The predicted molar refractivity (Wildman–Crippen MR) is 49.8 cm³/mol. The van der Waals surface area contributed by atoms with Crippen molar-refractivity contribution in [2.24, 2.45) is 0 Å². The number of carboxylic acids is 1. The van der Waals surface area contributed by atoms with Gasteiger partial charge in [0.2, 0.25) is 0 Å². The van der Waals surface area contributed by atoms with E-state index in [1.807, 2.05) is 16.4 Å². The Bertz CT molecular complexity index is 365. The minimum atomic E-state index is -0.806. The Hall–Kier alpha value is -1.08. The maximum atomic E-state index is 10.5. The first kappa shape index (κ1) is 9.47. The van der Waals surface area contributed by atoms with E-state index in [1.165, 1.54) is 11.8 Å². The summed E-state index contributed by atoms with van der Waals surface area (Å²) in [6.07, 6.45) is 0. The molecule has 0 unspecified atom stereocenters. The van der Waals surface area contributed by atoms with Crippen molar-refractivity contribution in [3.05, 3.63) is 5.82 Å². The molecule has 1 N–H and O–H groups in total. The second-order valence-electron chi connectivity index (χ2n) is 3.10. The van der Waals surface area contributed by atoms with Gasteiger partial charge in [-0.25, -0.2) is 0 Å². The van der Waals surface area contributed by atoms with Crippen LogP contribution in [-0.4, -0.2) is 43.2 Å². The van der Waals surface area contributed by atoms with Crippen molar-refractivity contribution in [2.45, 2.75) is 18.7 Å². The summed E-state index contributed by atoms with van der Waals surface area (Å²) in [5, 5.41) is 17.4. The van der Waals surface area contributed by atoms with Crippen LogP contribution in [-0.2, 0) is 11.5 Å². The molecule has 0 aromatic carbocycles. The normalized spacial score (nSPS) is 16.6. The molecule has 2 rings (SSSR count). The minimum Gasteiger partial charge on any atom is -0.480 e. The Balaban J connectivity index is 2.12. The van der Waals surface area contributed by atoms with E-state index in [1.54, 1.807) is 0 Å². The molecule has 1 aromatic heterocycles. The van der Waals surface area contributed by atoms with Gasteiger partial charge in [-0.2, -0.15) is 0 Å². The van der Waals surface area contributed by atoms with Crippen LogP contribution >= 0.6 is 11.8 Å². The molecule has 0 spiro atoms. The fourth-order valence-electron chi connectivity index (χ4n) is 1.31. The molecule has 1 aliphatic heterocycles. The zero-order valence-electron chi connectivity index (χ0n) is 7.67. The molecule has 0 fully saturated rings. The first-order chi connectivity index (χ1) is 6.66. The van der Waals surface area contributed by atoms with Crippen LogP contribution in [0.5, 0.6) is 0 Å². The molecule has 0 bridgehead atoms. The molecule has 2 heterocycles. The minimum absolute atomic E-state index is 0.0596. The van der Waals surface area contributed by atoms with Crippen LogP contribution in [0.25, 0.3) is 0 Å². The van der Waals surface area contributed by atoms with Crippen molar-refractivity contribution in [3.8, 4) is 0 Å². The molecule has 0 amide bonds. The molecular formula is C7H10N4O2S. The monoisotopic (exact) mass is 214 g/mol. The zero-order chi connectivity index (χ0) is 10.1. The lowest BCUT2D eigenvalue weighted by molar-refractivity contribution is -0.138. The highest BCUT2D eigenvalue weighted by atomic mass is 32.2. The average Bonchev–Trinajstić information content (AvgIpc) is 2.47. The lowest BCUT2D eigenvalue weighted by Gasteiger charge is -2.25. The lowest BCUT2D eigenvalue weighted by atomic mass is 10.6. The smallest absolute Gasteiger partial charge is 0.317 e. The number of nitrogens with zero attached hydrogens (tertiary/aromatic N) is 4. The van der Waals surface area contributed by atoms with Crippen LogP contribution in [0.15, 0.2) is 5.16 Å². The molecule has 1 aromatic rings.